The maximum atomic E-state index is 13.2. The van der Waals surface area contributed by atoms with Crippen molar-refractivity contribution in [2.75, 3.05) is 26.3 Å². The van der Waals surface area contributed by atoms with E-state index in [-0.39, 0.29) is 24.6 Å². The highest BCUT2D eigenvalue weighted by Crippen LogP contribution is 2.28. The summed E-state index contributed by atoms with van der Waals surface area (Å²) in [7, 11) is 0. The van der Waals surface area contributed by atoms with Crippen LogP contribution in [0.5, 0.6) is 0 Å². The summed E-state index contributed by atoms with van der Waals surface area (Å²) < 4.78 is 11.0. The fourth-order valence-corrected chi connectivity index (χ4v) is 3.98. The lowest BCUT2D eigenvalue weighted by atomic mass is 10.0. The van der Waals surface area contributed by atoms with Crippen molar-refractivity contribution in [1.82, 2.24) is 20.8 Å². The van der Waals surface area contributed by atoms with Crippen molar-refractivity contribution in [3.05, 3.63) is 0 Å². The van der Waals surface area contributed by atoms with Crippen molar-refractivity contribution < 1.29 is 28.7 Å². The highest BCUT2D eigenvalue weighted by molar-refractivity contribution is 5.87. The van der Waals surface area contributed by atoms with Crippen molar-refractivity contribution in [2.45, 2.75) is 77.4 Å². The Morgan fingerprint density at radius 3 is 2.44 bits per heavy atom. The van der Waals surface area contributed by atoms with Gasteiger partial charge in [-0.25, -0.2) is 25.4 Å². The van der Waals surface area contributed by atoms with Gasteiger partial charge in [-0.05, 0) is 33.1 Å². The largest absolute Gasteiger partial charge is 0.474 e. The van der Waals surface area contributed by atoms with Crippen molar-refractivity contribution in [2.24, 2.45) is 16.8 Å². The lowest BCUT2D eigenvalue weighted by Gasteiger charge is -2.34. The molecule has 0 spiro atoms. The van der Waals surface area contributed by atoms with Crippen molar-refractivity contribution in [1.29, 1.82) is 0 Å². The van der Waals surface area contributed by atoms with Gasteiger partial charge in [-0.15, -0.1) is 5.10 Å². The van der Waals surface area contributed by atoms with E-state index in [1.54, 1.807) is 20.8 Å². The Morgan fingerprint density at radius 1 is 1.24 bits per heavy atom. The number of urea groups is 2. The summed E-state index contributed by atoms with van der Waals surface area (Å²) in [6.45, 7) is 6.87. The summed E-state index contributed by atoms with van der Waals surface area (Å²) in [5.41, 5.74) is 9.11. The van der Waals surface area contributed by atoms with Gasteiger partial charge < -0.3 is 24.9 Å². The van der Waals surface area contributed by atoms with Gasteiger partial charge in [0.1, 0.15) is 17.9 Å². The average Bonchev–Trinajstić information content (AvgIpc) is 3.31. The molecule has 2 fully saturated rings. The molecule has 0 unspecified atom stereocenters. The molecule has 2 aliphatic rings. The van der Waals surface area contributed by atoms with Gasteiger partial charge in [0.15, 0.2) is 0 Å². The number of carbonyl (C=O) groups excluding carboxylic acids is 4. The normalized spacial score (nSPS) is 18.2. The molecule has 0 bridgehead atoms. The van der Waals surface area contributed by atoms with Gasteiger partial charge >= 0.3 is 12.1 Å². The number of aldehydes is 1. The minimum absolute atomic E-state index is 0.00221. The zero-order chi connectivity index (χ0) is 25.1. The van der Waals surface area contributed by atoms with E-state index >= 15 is 0 Å². The van der Waals surface area contributed by atoms with E-state index < -0.39 is 23.7 Å². The maximum Gasteiger partial charge on any atom is 0.336 e. The minimum Gasteiger partial charge on any atom is -0.474 e. The number of carbonyl (C=O) groups is 4. The van der Waals surface area contributed by atoms with Gasteiger partial charge in [0.05, 0.1) is 19.6 Å². The maximum absolute atomic E-state index is 13.2. The van der Waals surface area contributed by atoms with Crippen LogP contribution in [0.25, 0.3) is 0 Å². The number of ether oxygens (including phenoxy) is 2. The quantitative estimate of drug-likeness (QED) is 0.206. The molecule has 1 aliphatic heterocycles. The third-order valence-corrected chi connectivity index (χ3v) is 5.61. The molecule has 0 aromatic rings. The summed E-state index contributed by atoms with van der Waals surface area (Å²) >= 11 is 0. The topological polar surface area (TPSA) is 156 Å². The Balaban J connectivity index is 2.19. The highest BCUT2D eigenvalue weighted by atomic mass is 16.5. The Hall–Kier alpha value is -2.89. The molecule has 0 radical (unpaired) electrons. The SMILES string of the molecule is CC(C)(C)OC(C[C@@H](C=O)N(NC(=O)N1CCOCC1)C(=O)CCC1CCCC1)=NNC(N)=O. The van der Waals surface area contributed by atoms with Crippen LogP contribution in [0.3, 0.4) is 0 Å². The molecule has 1 aliphatic carbocycles. The standard InChI is InChI=1S/C22H38N6O6/c1-22(2,3)34-18(24-25-20(23)31)14-17(15-29)28(19(30)9-8-16-6-4-5-7-16)26-21(32)27-10-12-33-13-11-27/h15-17H,4-14H2,1-3H3,(H,26,32)(H3,23,25,31)/t17-/m0/s1. The molecule has 4 N–H and O–H groups in total. The first kappa shape index (κ1) is 27.4. The number of morpholine rings is 1. The van der Waals surface area contributed by atoms with Crippen LogP contribution in [0.4, 0.5) is 9.59 Å². The highest BCUT2D eigenvalue weighted by Gasteiger charge is 2.31. The summed E-state index contributed by atoms with van der Waals surface area (Å²) in [6, 6.07) is -2.49. The number of rotatable bonds is 8. The van der Waals surface area contributed by atoms with Gasteiger partial charge in [0.25, 0.3) is 0 Å². The number of nitrogens with two attached hydrogens (primary N) is 1. The molecular weight excluding hydrogens is 444 g/mol. The van der Waals surface area contributed by atoms with Gasteiger partial charge in [0.2, 0.25) is 11.8 Å². The Labute approximate surface area is 200 Å². The second-order valence-corrected chi connectivity index (χ2v) is 9.57. The van der Waals surface area contributed by atoms with Crippen LogP contribution in [-0.4, -0.2) is 78.0 Å². The molecule has 0 aromatic carbocycles. The summed E-state index contributed by atoms with van der Waals surface area (Å²) in [6.07, 6.45) is 5.76. The van der Waals surface area contributed by atoms with E-state index in [1.807, 2.05) is 0 Å². The second kappa shape index (κ2) is 13.1. The van der Waals surface area contributed by atoms with Gasteiger partial charge in [-0.3, -0.25) is 4.79 Å². The van der Waals surface area contributed by atoms with Crippen molar-refractivity contribution in [3.63, 3.8) is 0 Å². The predicted molar refractivity (Wildman–Crippen MR) is 124 cm³/mol. The van der Waals surface area contributed by atoms with Crippen LogP contribution in [0.1, 0.15) is 65.7 Å². The van der Waals surface area contributed by atoms with Gasteiger partial charge in [-0.2, -0.15) is 0 Å². The summed E-state index contributed by atoms with van der Waals surface area (Å²) in [5.74, 6) is 0.0951. The molecular formula is C22H38N6O6. The van der Waals surface area contributed by atoms with E-state index in [2.05, 4.69) is 16.0 Å². The molecule has 1 saturated carbocycles. The molecule has 192 valence electrons. The van der Waals surface area contributed by atoms with E-state index in [0.29, 0.717) is 44.9 Å². The number of hydrogen-bond acceptors (Lipinski definition) is 7. The van der Waals surface area contributed by atoms with Crippen molar-refractivity contribution >= 4 is 30.2 Å². The number of amides is 5. The van der Waals surface area contributed by atoms with Crippen LogP contribution in [-0.2, 0) is 19.1 Å². The zero-order valence-corrected chi connectivity index (χ0v) is 20.4. The molecule has 0 aromatic heterocycles. The van der Waals surface area contributed by atoms with Gasteiger partial charge in [0, 0.05) is 19.5 Å². The first-order valence-corrected chi connectivity index (χ1v) is 11.8. The molecule has 34 heavy (non-hydrogen) atoms. The number of hydrazone groups is 1. The molecule has 1 heterocycles. The Morgan fingerprint density at radius 2 is 1.88 bits per heavy atom. The Bertz CT molecular complexity index is 741. The number of hydrogen-bond donors (Lipinski definition) is 3. The number of nitrogens with zero attached hydrogens (tertiary/aromatic N) is 3. The predicted octanol–water partition coefficient (Wildman–Crippen LogP) is 1.50. The lowest BCUT2D eigenvalue weighted by molar-refractivity contribution is -0.139. The Kier molecular flexibility index (Phi) is 10.6. The first-order valence-electron chi connectivity index (χ1n) is 11.8. The number of hydrazine groups is 1. The monoisotopic (exact) mass is 482 g/mol. The fourth-order valence-electron chi connectivity index (χ4n) is 3.98. The van der Waals surface area contributed by atoms with Gasteiger partial charge in [-0.1, -0.05) is 25.7 Å². The molecule has 12 heteroatoms. The molecule has 12 nitrogen and oxygen atoms in total. The molecule has 1 saturated heterocycles. The lowest BCUT2D eigenvalue weighted by Crippen LogP contribution is -2.58. The minimum atomic E-state index is -1.10. The number of primary amides is 1. The molecule has 1 atom stereocenters. The molecule has 5 amide bonds. The van der Waals surface area contributed by atoms with Crippen LogP contribution in [0.2, 0.25) is 0 Å². The third-order valence-electron chi connectivity index (χ3n) is 5.61. The number of nitrogens with one attached hydrogen (secondary N) is 2. The van der Waals surface area contributed by atoms with E-state index in [0.717, 1.165) is 30.7 Å². The average molecular weight is 483 g/mol. The zero-order valence-electron chi connectivity index (χ0n) is 20.4. The van der Waals surface area contributed by atoms with Crippen LogP contribution < -0.4 is 16.6 Å². The van der Waals surface area contributed by atoms with Crippen molar-refractivity contribution in [3.8, 4) is 0 Å². The summed E-state index contributed by atoms with van der Waals surface area (Å²) in [5, 5.41) is 4.91. The third kappa shape index (κ3) is 9.54. The van der Waals surface area contributed by atoms with Crippen LogP contribution in [0, 0.1) is 5.92 Å². The van der Waals surface area contributed by atoms with E-state index in [4.69, 9.17) is 15.2 Å². The fraction of sp³-hybridized carbons (Fsp3) is 0.773. The smallest absolute Gasteiger partial charge is 0.336 e. The molecule has 2 rings (SSSR count). The summed E-state index contributed by atoms with van der Waals surface area (Å²) in [4.78, 5) is 50.8. The van der Waals surface area contributed by atoms with Crippen LogP contribution >= 0.6 is 0 Å². The first-order chi connectivity index (χ1) is 16.1. The van der Waals surface area contributed by atoms with E-state index in [1.165, 1.54) is 4.90 Å². The second-order valence-electron chi connectivity index (χ2n) is 9.57. The van der Waals surface area contributed by atoms with Crippen LogP contribution in [0.15, 0.2) is 5.10 Å². The van der Waals surface area contributed by atoms with E-state index in [9.17, 15) is 19.2 Å².